The second-order valence-corrected chi connectivity index (χ2v) is 9.48. The molecule has 2 atom stereocenters. The molecule has 16 heavy (non-hydrogen) atoms. The lowest BCUT2D eigenvalue weighted by Gasteiger charge is -2.38. The number of hydrogen-bond donors (Lipinski definition) is 0. The van der Waals surface area contributed by atoms with E-state index in [0.29, 0.717) is 4.08 Å². The van der Waals surface area contributed by atoms with Crippen LogP contribution in [-0.4, -0.2) is 27.2 Å². The van der Waals surface area contributed by atoms with Gasteiger partial charge < -0.3 is 9.47 Å². The van der Waals surface area contributed by atoms with E-state index >= 15 is 0 Å². The highest BCUT2D eigenvalue weighted by atomic mass is 32.2. The average molecular weight is 260 g/mol. The lowest BCUT2D eigenvalue weighted by molar-refractivity contribution is 0.391. The SMILES string of the molecule is CC1(SC2(SC3(C)CO3)CCCCC2)CO1. The quantitative estimate of drug-likeness (QED) is 0.569. The average Bonchev–Trinajstić information content (AvgIpc) is 3.10. The van der Waals surface area contributed by atoms with Crippen LogP contribution in [0.2, 0.25) is 0 Å². The molecule has 0 aromatic heterocycles. The highest BCUT2D eigenvalue weighted by molar-refractivity contribution is 8.19. The van der Waals surface area contributed by atoms with E-state index in [1.807, 2.05) is 0 Å². The van der Waals surface area contributed by atoms with Crippen molar-refractivity contribution in [3.05, 3.63) is 0 Å². The first-order valence-corrected chi connectivity index (χ1v) is 7.85. The molecule has 0 radical (unpaired) electrons. The van der Waals surface area contributed by atoms with Gasteiger partial charge in [0.2, 0.25) is 0 Å². The lowest BCUT2D eigenvalue weighted by atomic mass is 10.00. The first-order chi connectivity index (χ1) is 7.54. The Kier molecular flexibility index (Phi) is 2.78. The van der Waals surface area contributed by atoms with Gasteiger partial charge in [0.1, 0.15) is 9.87 Å². The van der Waals surface area contributed by atoms with Gasteiger partial charge in [-0.25, -0.2) is 0 Å². The summed E-state index contributed by atoms with van der Waals surface area (Å²) in [6.07, 6.45) is 6.77. The predicted octanol–water partition coefficient (Wildman–Crippen LogP) is 3.61. The Labute approximate surface area is 106 Å². The van der Waals surface area contributed by atoms with E-state index in [9.17, 15) is 0 Å². The van der Waals surface area contributed by atoms with Gasteiger partial charge in [-0.3, -0.25) is 0 Å². The van der Waals surface area contributed by atoms with Gasteiger partial charge in [-0.15, -0.1) is 23.5 Å². The number of epoxide rings is 2. The monoisotopic (exact) mass is 260 g/mol. The molecule has 4 heteroatoms. The zero-order valence-electron chi connectivity index (χ0n) is 10.1. The Bertz CT molecular complexity index is 257. The Morgan fingerprint density at radius 1 is 0.812 bits per heavy atom. The van der Waals surface area contributed by atoms with Crippen molar-refractivity contribution in [2.45, 2.75) is 59.9 Å². The molecule has 92 valence electrons. The van der Waals surface area contributed by atoms with Gasteiger partial charge in [0.15, 0.2) is 0 Å². The van der Waals surface area contributed by atoms with E-state index in [2.05, 4.69) is 37.4 Å². The van der Waals surface area contributed by atoms with E-state index < -0.39 is 0 Å². The van der Waals surface area contributed by atoms with E-state index in [1.54, 1.807) is 0 Å². The summed E-state index contributed by atoms with van der Waals surface area (Å²) in [4.78, 5) is 0.213. The molecule has 3 aliphatic rings. The number of ether oxygens (including phenoxy) is 2. The summed E-state index contributed by atoms with van der Waals surface area (Å²) in [6.45, 7) is 6.31. The first kappa shape index (κ1) is 11.7. The molecule has 2 heterocycles. The van der Waals surface area contributed by atoms with Gasteiger partial charge in [-0.1, -0.05) is 19.3 Å². The normalized spacial score (nSPS) is 45.4. The summed E-state index contributed by atoms with van der Waals surface area (Å²) < 4.78 is 11.5. The molecule has 0 spiro atoms. The number of hydrogen-bond acceptors (Lipinski definition) is 4. The number of thioether (sulfide) groups is 2. The predicted molar refractivity (Wildman–Crippen MR) is 69.7 cm³/mol. The molecule has 1 saturated carbocycles. The molecule has 3 fully saturated rings. The van der Waals surface area contributed by atoms with Crippen molar-refractivity contribution in [2.75, 3.05) is 13.2 Å². The van der Waals surface area contributed by atoms with Gasteiger partial charge in [0.05, 0.1) is 17.3 Å². The van der Waals surface area contributed by atoms with Crippen LogP contribution in [0.4, 0.5) is 0 Å². The van der Waals surface area contributed by atoms with Crippen LogP contribution in [-0.2, 0) is 9.47 Å². The summed E-state index contributed by atoms with van der Waals surface area (Å²) in [5.74, 6) is 0. The highest BCUT2D eigenvalue weighted by Crippen LogP contribution is 2.61. The molecule has 0 amide bonds. The molecular weight excluding hydrogens is 240 g/mol. The Morgan fingerprint density at radius 2 is 1.25 bits per heavy atom. The third kappa shape index (κ3) is 2.55. The van der Waals surface area contributed by atoms with Crippen molar-refractivity contribution in [3.8, 4) is 0 Å². The highest BCUT2D eigenvalue weighted by Gasteiger charge is 2.54. The van der Waals surface area contributed by atoms with Crippen molar-refractivity contribution in [1.82, 2.24) is 0 Å². The fraction of sp³-hybridized carbons (Fsp3) is 1.00. The second-order valence-electron chi connectivity index (χ2n) is 5.52. The van der Waals surface area contributed by atoms with Gasteiger partial charge in [0.25, 0.3) is 0 Å². The van der Waals surface area contributed by atoms with Crippen LogP contribution in [0.1, 0.15) is 46.0 Å². The summed E-state index contributed by atoms with van der Waals surface area (Å²) in [7, 11) is 0. The molecule has 0 N–H and O–H groups in total. The van der Waals surface area contributed by atoms with Crippen LogP contribution in [0.25, 0.3) is 0 Å². The van der Waals surface area contributed by atoms with Crippen LogP contribution in [0.5, 0.6) is 0 Å². The van der Waals surface area contributed by atoms with Crippen LogP contribution < -0.4 is 0 Å². The molecule has 2 unspecified atom stereocenters. The molecule has 2 saturated heterocycles. The van der Waals surface area contributed by atoms with Crippen molar-refractivity contribution >= 4 is 23.5 Å². The third-order valence-corrected chi connectivity index (χ3v) is 6.92. The van der Waals surface area contributed by atoms with Crippen molar-refractivity contribution in [3.63, 3.8) is 0 Å². The summed E-state index contributed by atoms with van der Waals surface area (Å²) in [6, 6.07) is 0. The fourth-order valence-corrected chi connectivity index (χ4v) is 6.56. The molecule has 0 bridgehead atoms. The Balaban J connectivity index is 1.70. The van der Waals surface area contributed by atoms with Gasteiger partial charge in [-0.05, 0) is 26.7 Å². The zero-order chi connectivity index (χ0) is 11.3. The maximum atomic E-state index is 5.57. The Morgan fingerprint density at radius 3 is 1.62 bits per heavy atom. The van der Waals surface area contributed by atoms with Crippen LogP contribution in [0, 0.1) is 0 Å². The van der Waals surface area contributed by atoms with Gasteiger partial charge in [0, 0.05) is 0 Å². The van der Waals surface area contributed by atoms with Crippen LogP contribution in [0.15, 0.2) is 0 Å². The maximum Gasteiger partial charge on any atom is 0.135 e. The molecule has 2 aliphatic heterocycles. The van der Waals surface area contributed by atoms with Gasteiger partial charge >= 0.3 is 0 Å². The minimum absolute atomic E-state index is 0.107. The zero-order valence-corrected chi connectivity index (χ0v) is 11.7. The van der Waals surface area contributed by atoms with Gasteiger partial charge in [-0.2, -0.15) is 0 Å². The van der Waals surface area contributed by atoms with Crippen LogP contribution >= 0.6 is 23.5 Å². The fourth-order valence-electron chi connectivity index (χ4n) is 2.42. The van der Waals surface area contributed by atoms with Crippen molar-refractivity contribution in [2.24, 2.45) is 0 Å². The molecule has 2 nitrogen and oxygen atoms in total. The van der Waals surface area contributed by atoms with E-state index in [4.69, 9.17) is 9.47 Å². The lowest BCUT2D eigenvalue weighted by Crippen LogP contribution is -2.30. The molecule has 3 rings (SSSR count). The first-order valence-electron chi connectivity index (χ1n) is 6.22. The van der Waals surface area contributed by atoms with E-state index in [1.165, 1.54) is 32.1 Å². The second kappa shape index (κ2) is 3.81. The Hall–Kier alpha value is 0.620. The van der Waals surface area contributed by atoms with E-state index in [-0.39, 0.29) is 9.87 Å². The number of rotatable bonds is 4. The standard InChI is InChI=1S/C12H20O2S2/c1-10(8-13-10)15-12(6-4-3-5-7-12)16-11(2)9-14-11/h3-9H2,1-2H3. The molecular formula is C12H20O2S2. The minimum Gasteiger partial charge on any atom is -0.358 e. The smallest absolute Gasteiger partial charge is 0.135 e. The van der Waals surface area contributed by atoms with Crippen molar-refractivity contribution in [1.29, 1.82) is 0 Å². The van der Waals surface area contributed by atoms with E-state index in [0.717, 1.165) is 13.2 Å². The van der Waals surface area contributed by atoms with Crippen molar-refractivity contribution < 1.29 is 9.47 Å². The molecule has 0 aromatic rings. The summed E-state index contributed by atoms with van der Waals surface area (Å²) >= 11 is 4.13. The largest absolute Gasteiger partial charge is 0.358 e. The maximum absolute atomic E-state index is 5.57. The summed E-state index contributed by atoms with van der Waals surface area (Å²) in [5, 5.41) is 0. The van der Waals surface area contributed by atoms with Crippen LogP contribution in [0.3, 0.4) is 0 Å². The molecule has 1 aliphatic carbocycles. The molecule has 0 aromatic carbocycles. The summed E-state index contributed by atoms with van der Waals surface area (Å²) in [5.41, 5.74) is 0. The third-order valence-electron chi connectivity index (χ3n) is 3.52. The topological polar surface area (TPSA) is 25.1 Å². The minimum atomic E-state index is 0.107.